The van der Waals surface area contributed by atoms with Gasteiger partial charge in [-0.15, -0.1) is 0 Å². The van der Waals surface area contributed by atoms with Gasteiger partial charge in [-0.25, -0.2) is 13.2 Å². The predicted octanol–water partition coefficient (Wildman–Crippen LogP) is 2.48. The number of hydrogen-bond acceptors (Lipinski definition) is 6. The number of rotatable bonds is 7. The van der Waals surface area contributed by atoms with Crippen molar-refractivity contribution in [1.29, 1.82) is 0 Å². The summed E-state index contributed by atoms with van der Waals surface area (Å²) in [5, 5.41) is 0.167. The maximum atomic E-state index is 13.6. The number of aryl methyl sites for hydroxylation is 1. The Morgan fingerprint density at radius 3 is 2.53 bits per heavy atom. The second-order valence-corrected chi connectivity index (χ2v) is 11.3. The minimum Gasteiger partial charge on any atom is -0.493 e. The van der Waals surface area contributed by atoms with Gasteiger partial charge in [-0.1, -0.05) is 18.5 Å². The number of nitrogens with one attached hydrogen (secondary N) is 1. The molecule has 0 bridgehead atoms. The van der Waals surface area contributed by atoms with Crippen LogP contribution in [0, 0.1) is 0 Å². The van der Waals surface area contributed by atoms with E-state index < -0.39 is 21.3 Å². The second kappa shape index (κ2) is 10.4. The number of fused-ring (bicyclic) bond motifs is 1. The first-order valence-electron chi connectivity index (χ1n) is 12.1. The van der Waals surface area contributed by atoms with Crippen molar-refractivity contribution in [3.63, 3.8) is 0 Å². The molecule has 0 saturated carbocycles. The lowest BCUT2D eigenvalue weighted by Gasteiger charge is -2.21. The summed E-state index contributed by atoms with van der Waals surface area (Å²) in [5.74, 6) is 0.418. The van der Waals surface area contributed by atoms with Crippen LogP contribution in [0.3, 0.4) is 0 Å². The molecule has 2 aromatic heterocycles. The molecule has 1 aliphatic heterocycles. The molecule has 1 aromatic carbocycles. The molecule has 0 radical (unpaired) electrons. The summed E-state index contributed by atoms with van der Waals surface area (Å²) in [5.41, 5.74) is 0.240. The third-order valence-corrected chi connectivity index (χ3v) is 8.77. The predicted molar refractivity (Wildman–Crippen MR) is 141 cm³/mol. The molecular formula is C24H32ClN5O5S. The number of aromatic amines is 1. The van der Waals surface area contributed by atoms with Crippen LogP contribution in [0.2, 0.25) is 5.02 Å². The number of likely N-dealkylation sites (N-methyl/N-ethyl adjacent to an activating group) is 1. The highest BCUT2D eigenvalue weighted by atomic mass is 35.5. The van der Waals surface area contributed by atoms with E-state index in [1.807, 2.05) is 20.9 Å². The molecule has 12 heteroatoms. The van der Waals surface area contributed by atoms with Crippen LogP contribution in [0.25, 0.3) is 22.3 Å². The molecule has 0 unspecified atom stereocenters. The molecule has 36 heavy (non-hydrogen) atoms. The van der Waals surface area contributed by atoms with Crippen LogP contribution in [0.1, 0.15) is 26.7 Å². The molecule has 1 aliphatic rings. The van der Waals surface area contributed by atoms with E-state index in [0.29, 0.717) is 61.7 Å². The van der Waals surface area contributed by atoms with Crippen LogP contribution >= 0.6 is 11.6 Å². The average molecular weight is 538 g/mol. The van der Waals surface area contributed by atoms with Crippen molar-refractivity contribution in [3.05, 3.63) is 44.1 Å². The van der Waals surface area contributed by atoms with Crippen LogP contribution in [-0.4, -0.2) is 71.6 Å². The first kappa shape index (κ1) is 26.5. The summed E-state index contributed by atoms with van der Waals surface area (Å²) in [4.78, 5) is 31.0. The van der Waals surface area contributed by atoms with Crippen LogP contribution < -0.4 is 16.0 Å². The minimum absolute atomic E-state index is 0.110. The van der Waals surface area contributed by atoms with Gasteiger partial charge in [0.15, 0.2) is 0 Å². The second-order valence-electron chi connectivity index (χ2n) is 8.99. The molecule has 1 N–H and O–H groups in total. The molecule has 3 aromatic rings. The Balaban J connectivity index is 1.93. The van der Waals surface area contributed by atoms with Crippen LogP contribution in [-0.2, 0) is 23.6 Å². The number of halogens is 1. The van der Waals surface area contributed by atoms with Crippen LogP contribution in [0.4, 0.5) is 0 Å². The maximum Gasteiger partial charge on any atom is 0.331 e. The zero-order valence-corrected chi connectivity index (χ0v) is 22.6. The molecule has 4 rings (SSSR count). The first-order chi connectivity index (χ1) is 17.1. The van der Waals surface area contributed by atoms with E-state index >= 15 is 0 Å². The summed E-state index contributed by atoms with van der Waals surface area (Å²) >= 11 is 6.79. The minimum atomic E-state index is -3.78. The molecule has 1 fully saturated rings. The third-order valence-electron chi connectivity index (χ3n) is 6.50. The highest BCUT2D eigenvalue weighted by Gasteiger charge is 2.29. The van der Waals surface area contributed by atoms with Gasteiger partial charge < -0.3 is 14.6 Å². The molecule has 0 atom stereocenters. The van der Waals surface area contributed by atoms with Gasteiger partial charge in [-0.3, -0.25) is 13.9 Å². The lowest BCUT2D eigenvalue weighted by atomic mass is 10.1. The first-order valence-corrected chi connectivity index (χ1v) is 13.9. The number of ether oxygens (including phenoxy) is 1. The zero-order valence-electron chi connectivity index (χ0n) is 21.0. The molecule has 196 valence electrons. The average Bonchev–Trinajstić information content (AvgIpc) is 3.03. The van der Waals surface area contributed by atoms with Crippen molar-refractivity contribution in [1.82, 2.24) is 23.3 Å². The third kappa shape index (κ3) is 4.60. The fraction of sp³-hybridized carbons (Fsp3) is 0.500. The van der Waals surface area contributed by atoms with E-state index in [2.05, 4.69) is 9.88 Å². The van der Waals surface area contributed by atoms with Crippen molar-refractivity contribution in [3.8, 4) is 17.0 Å². The van der Waals surface area contributed by atoms with Crippen molar-refractivity contribution >= 4 is 32.7 Å². The number of benzene rings is 1. The van der Waals surface area contributed by atoms with Gasteiger partial charge in [-0.2, -0.15) is 4.31 Å². The Bertz CT molecular complexity index is 1510. The van der Waals surface area contributed by atoms with Gasteiger partial charge in [0.25, 0.3) is 5.56 Å². The van der Waals surface area contributed by atoms with Gasteiger partial charge in [0.1, 0.15) is 11.3 Å². The topological polar surface area (TPSA) is 110 Å². The van der Waals surface area contributed by atoms with Gasteiger partial charge in [0, 0.05) is 38.8 Å². The molecular weight excluding hydrogens is 506 g/mol. The highest BCUT2D eigenvalue weighted by molar-refractivity contribution is 7.89. The zero-order chi connectivity index (χ0) is 26.2. The molecule has 1 saturated heterocycles. The maximum absolute atomic E-state index is 13.6. The van der Waals surface area contributed by atoms with Gasteiger partial charge in [0.05, 0.1) is 27.7 Å². The number of sulfonamides is 1. The molecule has 10 nitrogen and oxygen atoms in total. The summed E-state index contributed by atoms with van der Waals surface area (Å²) < 4.78 is 36.9. The van der Waals surface area contributed by atoms with Crippen LogP contribution in [0.15, 0.2) is 32.7 Å². The van der Waals surface area contributed by atoms with E-state index in [4.69, 9.17) is 16.3 Å². The number of nitrogens with zero attached hydrogens (tertiary/aromatic N) is 4. The van der Waals surface area contributed by atoms with E-state index in [9.17, 15) is 18.0 Å². The molecule has 0 amide bonds. The van der Waals surface area contributed by atoms with Crippen molar-refractivity contribution < 1.29 is 13.2 Å². The lowest BCUT2D eigenvalue weighted by molar-refractivity contribution is 0.341. The Labute approximate surface area is 215 Å². The van der Waals surface area contributed by atoms with E-state index in [0.717, 1.165) is 17.5 Å². The Morgan fingerprint density at radius 1 is 1.08 bits per heavy atom. The smallest absolute Gasteiger partial charge is 0.331 e. The highest BCUT2D eigenvalue weighted by Crippen LogP contribution is 2.39. The quantitative estimate of drug-likeness (QED) is 0.496. The van der Waals surface area contributed by atoms with Crippen molar-refractivity contribution in [2.45, 2.75) is 38.1 Å². The van der Waals surface area contributed by atoms with Gasteiger partial charge in [-0.05, 0) is 51.6 Å². The normalized spacial score (nSPS) is 15.9. The Hall–Kier alpha value is -2.60. The fourth-order valence-electron chi connectivity index (χ4n) is 4.58. The SMILES string of the molecule is CCCn1c(=O)n(C)c(=O)c2[nH]c(-c3cc(S(=O)(=O)N4CCCN(C)CC4)ccc3OCC)c(Cl)c21. The summed E-state index contributed by atoms with van der Waals surface area (Å²) in [6.07, 6.45) is 1.40. The number of H-pyrrole nitrogens is 1. The van der Waals surface area contributed by atoms with Crippen molar-refractivity contribution in [2.75, 3.05) is 39.8 Å². The number of aromatic nitrogens is 3. The summed E-state index contributed by atoms with van der Waals surface area (Å²) in [6.45, 7) is 6.77. The standard InChI is InChI=1S/C24H32ClN5O5S/c1-5-10-30-22-19(25)20(26-21(22)23(31)28(4)24(30)32)17-15-16(8-9-18(17)35-6-2)36(33,34)29-12-7-11-27(3)13-14-29/h8-9,15,26H,5-7,10-14H2,1-4H3. The summed E-state index contributed by atoms with van der Waals surface area (Å²) in [7, 11) is -0.383. The number of hydrogen-bond donors (Lipinski definition) is 1. The summed E-state index contributed by atoms with van der Waals surface area (Å²) in [6, 6.07) is 4.66. The monoisotopic (exact) mass is 537 g/mol. The largest absolute Gasteiger partial charge is 0.493 e. The van der Waals surface area contributed by atoms with E-state index in [1.54, 1.807) is 6.07 Å². The molecule has 3 heterocycles. The van der Waals surface area contributed by atoms with E-state index in [-0.39, 0.29) is 15.4 Å². The van der Waals surface area contributed by atoms with Gasteiger partial charge >= 0.3 is 5.69 Å². The molecule has 0 aliphatic carbocycles. The Kier molecular flexibility index (Phi) is 7.65. The van der Waals surface area contributed by atoms with Gasteiger partial charge in [0.2, 0.25) is 10.0 Å². The van der Waals surface area contributed by atoms with Crippen LogP contribution in [0.5, 0.6) is 5.75 Å². The van der Waals surface area contributed by atoms with E-state index in [1.165, 1.54) is 28.1 Å². The van der Waals surface area contributed by atoms with Crippen molar-refractivity contribution in [2.24, 2.45) is 7.05 Å². The fourth-order valence-corrected chi connectivity index (χ4v) is 6.42. The Morgan fingerprint density at radius 2 is 1.83 bits per heavy atom. The lowest BCUT2D eigenvalue weighted by Crippen LogP contribution is -2.38. The molecule has 0 spiro atoms.